The maximum atomic E-state index is 6.21. The van der Waals surface area contributed by atoms with Gasteiger partial charge in [0.2, 0.25) is 5.88 Å². The first kappa shape index (κ1) is 13.2. The molecule has 2 atom stereocenters. The van der Waals surface area contributed by atoms with Gasteiger partial charge in [-0.05, 0) is 20.3 Å². The van der Waals surface area contributed by atoms with Crippen LogP contribution in [-0.2, 0) is 0 Å². The van der Waals surface area contributed by atoms with Gasteiger partial charge in [0, 0.05) is 17.4 Å². The van der Waals surface area contributed by atoms with Gasteiger partial charge in [-0.1, -0.05) is 13.8 Å². The summed E-state index contributed by atoms with van der Waals surface area (Å²) in [5.41, 5.74) is 0.938. The fourth-order valence-electron chi connectivity index (χ4n) is 1.45. The quantitative estimate of drug-likeness (QED) is 0.743. The molecule has 1 aromatic rings. The Balaban J connectivity index is 2.81. The lowest BCUT2D eigenvalue weighted by molar-refractivity contribution is 0.231. The van der Waals surface area contributed by atoms with Gasteiger partial charge in [0.15, 0.2) is 0 Å². The Morgan fingerprint density at radius 2 is 2.00 bits per heavy atom. The highest BCUT2D eigenvalue weighted by Gasteiger charge is 2.16. The number of hydrogen-bond acceptors (Lipinski definition) is 3. The van der Waals surface area contributed by atoms with E-state index in [0.717, 1.165) is 12.1 Å². The molecule has 0 N–H and O–H groups in total. The second kappa shape index (κ2) is 6.04. The van der Waals surface area contributed by atoms with E-state index in [4.69, 9.17) is 16.3 Å². The van der Waals surface area contributed by atoms with E-state index in [0.29, 0.717) is 5.88 Å². The molecule has 2 unspecified atom stereocenters. The van der Waals surface area contributed by atoms with Crippen LogP contribution in [0.4, 0.5) is 0 Å². The van der Waals surface area contributed by atoms with Gasteiger partial charge in [-0.15, -0.1) is 11.6 Å². The third-order valence-corrected chi connectivity index (χ3v) is 3.11. The molecule has 0 spiro atoms. The Hall–Kier alpha value is -0.830. The molecular weight excluding hydrogens is 224 g/mol. The second-order valence-corrected chi connectivity index (χ2v) is 4.72. The SMILES string of the molecule is CCC(Cl)C(C)c1cc(OC(C)C)ncn1. The van der Waals surface area contributed by atoms with E-state index in [1.54, 1.807) is 0 Å². The van der Waals surface area contributed by atoms with Crippen molar-refractivity contribution in [2.45, 2.75) is 51.5 Å². The van der Waals surface area contributed by atoms with Gasteiger partial charge in [-0.2, -0.15) is 0 Å². The van der Waals surface area contributed by atoms with Crippen molar-refractivity contribution >= 4 is 11.6 Å². The molecule has 0 saturated carbocycles. The van der Waals surface area contributed by atoms with E-state index in [1.807, 2.05) is 19.9 Å². The van der Waals surface area contributed by atoms with Crippen LogP contribution in [0.2, 0.25) is 0 Å². The lowest BCUT2D eigenvalue weighted by atomic mass is 10.0. The summed E-state index contributed by atoms with van der Waals surface area (Å²) in [5.74, 6) is 0.830. The van der Waals surface area contributed by atoms with Crippen molar-refractivity contribution in [1.82, 2.24) is 9.97 Å². The van der Waals surface area contributed by atoms with E-state index < -0.39 is 0 Å². The van der Waals surface area contributed by atoms with Crippen LogP contribution in [0.25, 0.3) is 0 Å². The predicted molar refractivity (Wildman–Crippen MR) is 66.1 cm³/mol. The first-order chi connectivity index (χ1) is 7.54. The minimum atomic E-state index is 0.0989. The van der Waals surface area contributed by atoms with Gasteiger partial charge >= 0.3 is 0 Å². The molecule has 0 fully saturated rings. The lowest BCUT2D eigenvalue weighted by Gasteiger charge is -2.16. The molecule has 1 aromatic heterocycles. The number of aromatic nitrogens is 2. The smallest absolute Gasteiger partial charge is 0.216 e. The molecular formula is C12H19ClN2O. The molecule has 3 nitrogen and oxygen atoms in total. The first-order valence-corrected chi connectivity index (χ1v) is 6.10. The van der Waals surface area contributed by atoms with Crippen LogP contribution < -0.4 is 4.74 Å². The van der Waals surface area contributed by atoms with Crippen molar-refractivity contribution in [3.8, 4) is 5.88 Å². The van der Waals surface area contributed by atoms with E-state index in [9.17, 15) is 0 Å². The van der Waals surface area contributed by atoms with Crippen molar-refractivity contribution in [3.05, 3.63) is 18.1 Å². The van der Waals surface area contributed by atoms with Gasteiger partial charge in [0.05, 0.1) is 11.8 Å². The van der Waals surface area contributed by atoms with Crippen molar-refractivity contribution < 1.29 is 4.74 Å². The molecule has 0 aliphatic carbocycles. The molecule has 0 aliphatic heterocycles. The zero-order valence-corrected chi connectivity index (χ0v) is 11.0. The molecule has 90 valence electrons. The standard InChI is InChI=1S/C12H19ClN2O/c1-5-10(13)9(4)11-6-12(15-7-14-11)16-8(2)3/h6-10H,5H2,1-4H3. The lowest BCUT2D eigenvalue weighted by Crippen LogP contribution is -2.12. The summed E-state index contributed by atoms with van der Waals surface area (Å²) in [5, 5.41) is 0.0989. The van der Waals surface area contributed by atoms with Crippen molar-refractivity contribution in [2.24, 2.45) is 0 Å². The van der Waals surface area contributed by atoms with Gasteiger partial charge in [0.25, 0.3) is 0 Å². The van der Waals surface area contributed by atoms with Crippen molar-refractivity contribution in [3.63, 3.8) is 0 Å². The minimum absolute atomic E-state index is 0.0989. The molecule has 0 saturated heterocycles. The molecule has 0 bridgehead atoms. The summed E-state index contributed by atoms with van der Waals surface area (Å²) in [4.78, 5) is 8.31. The maximum absolute atomic E-state index is 6.21. The average Bonchev–Trinajstić information content (AvgIpc) is 2.26. The van der Waals surface area contributed by atoms with Crippen LogP contribution in [0.1, 0.15) is 45.7 Å². The zero-order chi connectivity index (χ0) is 12.1. The Morgan fingerprint density at radius 3 is 2.56 bits per heavy atom. The highest BCUT2D eigenvalue weighted by Crippen LogP contribution is 2.25. The number of nitrogens with zero attached hydrogens (tertiary/aromatic N) is 2. The number of hydrogen-bond donors (Lipinski definition) is 0. The van der Waals surface area contributed by atoms with Crippen LogP contribution >= 0.6 is 11.6 Å². The number of ether oxygens (including phenoxy) is 1. The predicted octanol–water partition coefficient (Wildman–Crippen LogP) is 3.38. The highest BCUT2D eigenvalue weighted by molar-refractivity contribution is 6.21. The van der Waals surface area contributed by atoms with Crippen LogP contribution in [0.15, 0.2) is 12.4 Å². The van der Waals surface area contributed by atoms with Gasteiger partial charge in [0.1, 0.15) is 6.33 Å². The van der Waals surface area contributed by atoms with Crippen molar-refractivity contribution in [2.75, 3.05) is 0 Å². The normalized spacial score (nSPS) is 14.9. The number of rotatable bonds is 5. The molecule has 0 amide bonds. The van der Waals surface area contributed by atoms with E-state index in [-0.39, 0.29) is 17.4 Å². The summed E-state index contributed by atoms with van der Waals surface area (Å²) < 4.78 is 5.52. The van der Waals surface area contributed by atoms with E-state index in [1.165, 1.54) is 6.33 Å². The molecule has 1 rings (SSSR count). The van der Waals surface area contributed by atoms with Crippen LogP contribution in [0, 0.1) is 0 Å². The number of halogens is 1. The summed E-state index contributed by atoms with van der Waals surface area (Å²) in [6, 6.07) is 1.87. The Labute approximate surface area is 102 Å². The van der Waals surface area contributed by atoms with Crippen LogP contribution in [-0.4, -0.2) is 21.4 Å². The van der Waals surface area contributed by atoms with Crippen LogP contribution in [0.5, 0.6) is 5.88 Å². The van der Waals surface area contributed by atoms with Gasteiger partial charge in [-0.25, -0.2) is 9.97 Å². The second-order valence-electron chi connectivity index (χ2n) is 4.16. The third-order valence-electron chi connectivity index (χ3n) is 2.42. The fraction of sp³-hybridized carbons (Fsp3) is 0.667. The Kier molecular flexibility index (Phi) is 5.00. The maximum Gasteiger partial charge on any atom is 0.216 e. The van der Waals surface area contributed by atoms with E-state index in [2.05, 4.69) is 23.8 Å². The Bertz CT molecular complexity index is 331. The molecule has 0 aliphatic rings. The third kappa shape index (κ3) is 3.63. The average molecular weight is 243 g/mol. The molecule has 1 heterocycles. The molecule has 4 heteroatoms. The van der Waals surface area contributed by atoms with Gasteiger partial charge in [-0.3, -0.25) is 0 Å². The summed E-state index contributed by atoms with van der Waals surface area (Å²) in [6.07, 6.45) is 2.58. The minimum Gasteiger partial charge on any atom is -0.475 e. The number of alkyl halides is 1. The zero-order valence-electron chi connectivity index (χ0n) is 10.3. The largest absolute Gasteiger partial charge is 0.475 e. The first-order valence-electron chi connectivity index (χ1n) is 5.67. The monoisotopic (exact) mass is 242 g/mol. The summed E-state index contributed by atoms with van der Waals surface area (Å²) in [6.45, 7) is 8.09. The van der Waals surface area contributed by atoms with Crippen LogP contribution in [0.3, 0.4) is 0 Å². The molecule has 0 aromatic carbocycles. The topological polar surface area (TPSA) is 35.0 Å². The van der Waals surface area contributed by atoms with Gasteiger partial charge < -0.3 is 4.74 Å². The summed E-state index contributed by atoms with van der Waals surface area (Å²) >= 11 is 6.21. The molecule has 16 heavy (non-hydrogen) atoms. The van der Waals surface area contributed by atoms with Crippen molar-refractivity contribution in [1.29, 1.82) is 0 Å². The highest BCUT2D eigenvalue weighted by atomic mass is 35.5. The fourth-order valence-corrected chi connectivity index (χ4v) is 1.58. The van der Waals surface area contributed by atoms with E-state index >= 15 is 0 Å². The Morgan fingerprint density at radius 1 is 1.31 bits per heavy atom. The summed E-state index contributed by atoms with van der Waals surface area (Å²) in [7, 11) is 0. The molecule has 0 radical (unpaired) electrons.